The van der Waals surface area contributed by atoms with Gasteiger partial charge in [0.1, 0.15) is 0 Å². The van der Waals surface area contributed by atoms with Gasteiger partial charge in [-0.05, 0) is 73.2 Å². The first-order valence-electron chi connectivity index (χ1n) is 10.8. The van der Waals surface area contributed by atoms with E-state index >= 15 is 0 Å². The van der Waals surface area contributed by atoms with Crippen molar-refractivity contribution in [2.24, 2.45) is 28.6 Å². The summed E-state index contributed by atoms with van der Waals surface area (Å²) in [6.45, 7) is 7.55. The van der Waals surface area contributed by atoms with Gasteiger partial charge in [0.25, 0.3) is 0 Å². The molecule has 1 aliphatic heterocycles. The number of fused-ring (bicyclic) bond motifs is 6. The van der Waals surface area contributed by atoms with Gasteiger partial charge >= 0.3 is 0 Å². The second-order valence-electron chi connectivity index (χ2n) is 10.3. The van der Waals surface area contributed by atoms with Crippen LogP contribution in [0.25, 0.3) is 0 Å². The molecule has 4 heteroatoms. The summed E-state index contributed by atoms with van der Waals surface area (Å²) in [6.07, 6.45) is 10.7. The Morgan fingerprint density at radius 2 is 1.89 bits per heavy atom. The Balaban J connectivity index is 1.56. The smallest absolute Gasteiger partial charge is 0.186 e. The molecule has 0 aromatic rings. The number of thioether (sulfide) groups is 1. The van der Waals surface area contributed by atoms with Crippen LogP contribution in [0.4, 0.5) is 0 Å². The first-order valence-corrected chi connectivity index (χ1v) is 11.7. The summed E-state index contributed by atoms with van der Waals surface area (Å²) in [4.78, 5) is 24.3. The summed E-state index contributed by atoms with van der Waals surface area (Å²) < 4.78 is 6.26. The van der Waals surface area contributed by atoms with Crippen molar-refractivity contribution >= 4 is 22.7 Å². The zero-order chi connectivity index (χ0) is 19.0. The van der Waals surface area contributed by atoms with Crippen molar-refractivity contribution < 1.29 is 14.3 Å². The summed E-state index contributed by atoms with van der Waals surface area (Å²) >= 11 is 1.56. The predicted molar refractivity (Wildman–Crippen MR) is 107 cm³/mol. The van der Waals surface area contributed by atoms with Crippen molar-refractivity contribution in [1.82, 2.24) is 0 Å². The first kappa shape index (κ1) is 18.4. The average molecular weight is 389 g/mol. The van der Waals surface area contributed by atoms with Gasteiger partial charge in [0.15, 0.2) is 10.9 Å². The lowest BCUT2D eigenvalue weighted by molar-refractivity contribution is -0.226. The van der Waals surface area contributed by atoms with Crippen molar-refractivity contribution in [3.63, 3.8) is 0 Å². The van der Waals surface area contributed by atoms with E-state index in [0.717, 1.165) is 19.4 Å². The minimum Gasteiger partial charge on any atom is -0.374 e. The molecule has 0 aromatic heterocycles. The Labute approximate surface area is 167 Å². The van der Waals surface area contributed by atoms with Crippen LogP contribution >= 0.6 is 11.8 Å². The Morgan fingerprint density at radius 1 is 1.15 bits per heavy atom. The highest BCUT2D eigenvalue weighted by molar-refractivity contribution is 8.14. The molecule has 148 valence electrons. The van der Waals surface area contributed by atoms with E-state index in [1.165, 1.54) is 37.7 Å². The fraction of sp³-hybridized carbons (Fsp3) is 0.826. The van der Waals surface area contributed by atoms with Gasteiger partial charge in [-0.2, -0.15) is 0 Å². The van der Waals surface area contributed by atoms with Crippen molar-refractivity contribution in [1.29, 1.82) is 0 Å². The van der Waals surface area contributed by atoms with Crippen molar-refractivity contribution in [2.75, 3.05) is 6.61 Å². The molecule has 27 heavy (non-hydrogen) atoms. The van der Waals surface area contributed by atoms with Crippen LogP contribution in [0.3, 0.4) is 0 Å². The Hall–Kier alpha value is -0.610. The van der Waals surface area contributed by atoms with Gasteiger partial charge in [-0.25, -0.2) is 0 Å². The van der Waals surface area contributed by atoms with E-state index in [1.54, 1.807) is 18.7 Å². The number of rotatable bonds is 1. The van der Waals surface area contributed by atoms with E-state index < -0.39 is 0 Å². The van der Waals surface area contributed by atoms with Gasteiger partial charge in [0.2, 0.25) is 0 Å². The molecular weight excluding hydrogens is 356 g/mol. The first-order chi connectivity index (χ1) is 12.8. The van der Waals surface area contributed by atoms with E-state index in [4.69, 9.17) is 4.74 Å². The molecule has 1 saturated heterocycles. The normalized spacial score (nSPS) is 51.1. The molecule has 3 saturated carbocycles. The van der Waals surface area contributed by atoms with Crippen LogP contribution in [-0.4, -0.2) is 28.4 Å². The Morgan fingerprint density at radius 3 is 2.56 bits per heavy atom. The quantitative estimate of drug-likeness (QED) is 0.638. The highest BCUT2D eigenvalue weighted by Gasteiger charge is 2.68. The molecule has 4 fully saturated rings. The van der Waals surface area contributed by atoms with Gasteiger partial charge in [-0.3, -0.25) is 9.59 Å². The summed E-state index contributed by atoms with van der Waals surface area (Å²) in [5, 5.41) is 0.558. The van der Waals surface area contributed by atoms with E-state index in [2.05, 4.69) is 13.8 Å². The lowest BCUT2D eigenvalue weighted by Crippen LogP contribution is -2.61. The number of carbonyl (C=O) groups excluding carboxylic acids is 2. The van der Waals surface area contributed by atoms with Crippen LogP contribution in [0.1, 0.15) is 72.1 Å². The molecule has 0 radical (unpaired) electrons. The van der Waals surface area contributed by atoms with Crippen LogP contribution in [0.2, 0.25) is 0 Å². The standard InChI is InChI=1S/C23H32O3S/c1-14(24)27-19-13-15-12-16(25)4-7-21(15,2)17-5-8-22(3)18(20(17)19)6-9-23(22)10-11-26-23/h12,17-20H,4-11,13H2,1-3H3/t17-,18+,19-,20-,21+,22+,23-/m1/s1. The van der Waals surface area contributed by atoms with Crippen molar-refractivity contribution in [2.45, 2.75) is 83.0 Å². The molecule has 5 rings (SSSR count). The number of ketones is 1. The third-order valence-corrected chi connectivity index (χ3v) is 10.6. The van der Waals surface area contributed by atoms with E-state index in [0.29, 0.717) is 29.4 Å². The fourth-order valence-electron chi connectivity index (χ4n) is 7.92. The highest BCUT2D eigenvalue weighted by Crippen LogP contribution is 2.71. The van der Waals surface area contributed by atoms with E-state index in [1.807, 2.05) is 6.08 Å². The minimum atomic E-state index is 0.119. The van der Waals surface area contributed by atoms with Crippen LogP contribution in [0.5, 0.6) is 0 Å². The number of ether oxygens (including phenoxy) is 1. The van der Waals surface area contributed by atoms with Gasteiger partial charge in [0.05, 0.1) is 12.2 Å². The Bertz CT molecular complexity index is 723. The van der Waals surface area contributed by atoms with Crippen molar-refractivity contribution in [3.8, 4) is 0 Å². The average Bonchev–Trinajstić information content (AvgIpc) is 2.89. The van der Waals surface area contributed by atoms with Gasteiger partial charge in [0, 0.05) is 25.0 Å². The third-order valence-electron chi connectivity index (χ3n) is 9.45. The topological polar surface area (TPSA) is 43.4 Å². The van der Waals surface area contributed by atoms with Gasteiger partial charge in [-0.15, -0.1) is 0 Å². The maximum Gasteiger partial charge on any atom is 0.186 e. The number of hydrogen-bond acceptors (Lipinski definition) is 4. The van der Waals surface area contributed by atoms with Crippen LogP contribution in [-0.2, 0) is 14.3 Å². The van der Waals surface area contributed by atoms with E-state index in [9.17, 15) is 9.59 Å². The molecule has 3 nitrogen and oxygen atoms in total. The summed E-state index contributed by atoms with van der Waals surface area (Å²) in [5.74, 6) is 2.13. The molecule has 0 unspecified atom stereocenters. The third kappa shape index (κ3) is 2.38. The molecule has 7 atom stereocenters. The predicted octanol–water partition coefficient (Wildman–Crippen LogP) is 4.94. The molecular formula is C23H32O3S. The zero-order valence-electron chi connectivity index (χ0n) is 16.9. The second-order valence-corrected chi connectivity index (χ2v) is 11.7. The van der Waals surface area contributed by atoms with Crippen LogP contribution < -0.4 is 0 Å². The second kappa shape index (κ2) is 5.95. The van der Waals surface area contributed by atoms with E-state index in [-0.39, 0.29) is 27.3 Å². The maximum atomic E-state index is 12.1. The molecule has 5 aliphatic rings. The molecule has 0 N–H and O–H groups in total. The van der Waals surface area contributed by atoms with Gasteiger partial charge in [-0.1, -0.05) is 31.2 Å². The molecule has 0 aromatic carbocycles. The lowest BCUT2D eigenvalue weighted by Gasteiger charge is -2.62. The number of hydrogen-bond donors (Lipinski definition) is 0. The van der Waals surface area contributed by atoms with Crippen molar-refractivity contribution in [3.05, 3.63) is 11.6 Å². The number of carbonyl (C=O) groups is 2. The molecule has 1 heterocycles. The van der Waals surface area contributed by atoms with Crippen LogP contribution in [0.15, 0.2) is 11.6 Å². The Kier molecular flexibility index (Phi) is 4.06. The highest BCUT2D eigenvalue weighted by atomic mass is 32.2. The molecule has 1 spiro atoms. The van der Waals surface area contributed by atoms with Crippen LogP contribution in [0, 0.1) is 28.6 Å². The summed E-state index contributed by atoms with van der Waals surface area (Å²) in [6, 6.07) is 0. The SMILES string of the molecule is CC(=O)S[C@@H]1CC2=CC(=O)CC[C@]2(C)[C@@H]2CC[C@@]3(C)[C@@H](CC[C@@]34CCO4)[C@@H]21. The summed E-state index contributed by atoms with van der Waals surface area (Å²) in [5.41, 5.74) is 1.89. The largest absolute Gasteiger partial charge is 0.374 e. The number of allylic oxidation sites excluding steroid dienone is 1. The lowest BCUT2D eigenvalue weighted by atomic mass is 9.46. The minimum absolute atomic E-state index is 0.119. The molecule has 0 amide bonds. The fourth-order valence-corrected chi connectivity index (χ4v) is 9.15. The maximum absolute atomic E-state index is 12.1. The zero-order valence-corrected chi connectivity index (χ0v) is 17.7. The monoisotopic (exact) mass is 388 g/mol. The van der Waals surface area contributed by atoms with Gasteiger partial charge < -0.3 is 4.74 Å². The summed E-state index contributed by atoms with van der Waals surface area (Å²) in [7, 11) is 0. The molecule has 4 aliphatic carbocycles. The molecule has 0 bridgehead atoms.